The van der Waals surface area contributed by atoms with E-state index in [4.69, 9.17) is 0 Å². The molecule has 0 aliphatic rings. The van der Waals surface area contributed by atoms with Gasteiger partial charge in [-0.2, -0.15) is 0 Å². The highest BCUT2D eigenvalue weighted by Gasteiger charge is 2.14. The zero-order valence-electron chi connectivity index (χ0n) is 24.5. The summed E-state index contributed by atoms with van der Waals surface area (Å²) in [6.45, 7) is 13.3. The average molecular weight is 513 g/mol. The van der Waals surface area contributed by atoms with Crippen LogP contribution in [0.3, 0.4) is 0 Å². The lowest BCUT2D eigenvalue weighted by atomic mass is 9.95. The van der Waals surface area contributed by atoms with Gasteiger partial charge in [0.25, 0.3) is 0 Å². The number of phenols is 2. The van der Waals surface area contributed by atoms with E-state index in [1.807, 2.05) is 18.2 Å². The van der Waals surface area contributed by atoms with Crippen molar-refractivity contribution in [2.75, 3.05) is 0 Å². The smallest absolute Gasteiger partial charge is 0.131 e. The molecule has 0 saturated carbocycles. The predicted molar refractivity (Wildman–Crippen MR) is 166 cm³/mol. The van der Waals surface area contributed by atoms with Gasteiger partial charge in [0.2, 0.25) is 0 Å². The van der Waals surface area contributed by atoms with Gasteiger partial charge in [0, 0.05) is 21.5 Å². The number of phenolic OH excluding ortho intramolecular Hbond substituents is 2. The van der Waals surface area contributed by atoms with Crippen LogP contribution in [0.1, 0.15) is 97.6 Å². The monoisotopic (exact) mass is 512 g/mol. The summed E-state index contributed by atoms with van der Waals surface area (Å²) < 4.78 is 0. The summed E-state index contributed by atoms with van der Waals surface area (Å²) in [7, 11) is 0. The summed E-state index contributed by atoms with van der Waals surface area (Å²) in [5.74, 6) is 1.28. The minimum atomic E-state index is 0.252. The maximum atomic E-state index is 11.3. The molecule has 0 atom stereocenters. The highest BCUT2D eigenvalue weighted by atomic mass is 16.3. The second-order valence-corrected chi connectivity index (χ2v) is 11.7. The summed E-state index contributed by atoms with van der Waals surface area (Å²) in [4.78, 5) is 0. The first-order valence-corrected chi connectivity index (χ1v) is 14.5. The number of aromatic hydroxyl groups is 2. The Morgan fingerprint density at radius 2 is 1.16 bits per heavy atom. The van der Waals surface area contributed by atoms with Gasteiger partial charge in [-0.05, 0) is 108 Å². The van der Waals surface area contributed by atoms with Crippen LogP contribution in [0.15, 0.2) is 71.3 Å². The van der Waals surface area contributed by atoms with Crippen LogP contribution in [0.2, 0.25) is 0 Å². The molecule has 3 rings (SSSR count). The van der Waals surface area contributed by atoms with Gasteiger partial charge in [-0.25, -0.2) is 0 Å². The van der Waals surface area contributed by atoms with E-state index in [0.29, 0.717) is 10.8 Å². The first-order chi connectivity index (χ1) is 18.2. The van der Waals surface area contributed by atoms with Gasteiger partial charge in [0.05, 0.1) is 0 Å². The van der Waals surface area contributed by atoms with E-state index >= 15 is 0 Å². The Morgan fingerprint density at radius 1 is 0.658 bits per heavy atom. The van der Waals surface area contributed by atoms with Crippen molar-refractivity contribution in [1.82, 2.24) is 0 Å². The highest BCUT2D eigenvalue weighted by molar-refractivity contribution is 6.10. The van der Waals surface area contributed by atoms with Crippen molar-refractivity contribution in [1.29, 1.82) is 0 Å². The van der Waals surface area contributed by atoms with Gasteiger partial charge in [0.15, 0.2) is 0 Å². The molecule has 2 nitrogen and oxygen atoms in total. The van der Waals surface area contributed by atoms with Gasteiger partial charge >= 0.3 is 0 Å². The minimum absolute atomic E-state index is 0.252. The fourth-order valence-electron chi connectivity index (χ4n) is 5.14. The van der Waals surface area contributed by atoms with Gasteiger partial charge in [-0.15, -0.1) is 0 Å². The second kappa shape index (κ2) is 14.2. The number of hydrogen-bond acceptors (Lipinski definition) is 2. The van der Waals surface area contributed by atoms with Crippen LogP contribution < -0.4 is 0 Å². The highest BCUT2D eigenvalue weighted by Crippen LogP contribution is 2.42. The Morgan fingerprint density at radius 3 is 1.66 bits per heavy atom. The van der Waals surface area contributed by atoms with Crippen molar-refractivity contribution in [3.8, 4) is 11.5 Å². The van der Waals surface area contributed by atoms with Gasteiger partial charge in [-0.1, -0.05) is 79.5 Å². The van der Waals surface area contributed by atoms with E-state index < -0.39 is 0 Å². The van der Waals surface area contributed by atoms with E-state index in [9.17, 15) is 10.2 Å². The van der Waals surface area contributed by atoms with Gasteiger partial charge in [0.1, 0.15) is 11.5 Å². The number of allylic oxidation sites excluding steroid dienone is 6. The molecule has 0 aliphatic carbocycles. The molecule has 2 heteroatoms. The number of aryl methyl sites for hydroxylation is 2. The van der Waals surface area contributed by atoms with E-state index in [1.165, 1.54) is 47.1 Å². The molecule has 0 unspecified atom stereocenters. The molecule has 2 N–H and O–H groups in total. The average Bonchev–Trinajstić information content (AvgIpc) is 2.86. The SMILES string of the molecule is CC(C)=CCCC(C)=CCCc1ccc2c(O)c3ccc(CCC=C(C)CCCC(C)C)cc3c(O)c2c1. The Balaban J connectivity index is 1.73. The largest absolute Gasteiger partial charge is 0.507 e. The van der Waals surface area contributed by atoms with Crippen molar-refractivity contribution < 1.29 is 10.2 Å². The van der Waals surface area contributed by atoms with Crippen LogP contribution in [-0.2, 0) is 12.8 Å². The summed E-state index contributed by atoms with van der Waals surface area (Å²) >= 11 is 0. The maximum Gasteiger partial charge on any atom is 0.131 e. The fraction of sp³-hybridized carbons (Fsp3) is 0.444. The summed E-state index contributed by atoms with van der Waals surface area (Å²) in [5, 5.41) is 25.2. The third kappa shape index (κ3) is 8.51. The first kappa shape index (κ1) is 29.6. The zero-order chi connectivity index (χ0) is 27.7. The summed E-state index contributed by atoms with van der Waals surface area (Å²) in [6.07, 6.45) is 16.7. The van der Waals surface area contributed by atoms with Crippen LogP contribution in [0.25, 0.3) is 21.5 Å². The topological polar surface area (TPSA) is 40.5 Å². The molecule has 3 aromatic rings. The third-order valence-corrected chi connectivity index (χ3v) is 7.48. The molecule has 0 bridgehead atoms. The van der Waals surface area contributed by atoms with E-state index in [2.05, 4.69) is 78.0 Å². The lowest BCUT2D eigenvalue weighted by Gasteiger charge is -2.12. The molecular weight excluding hydrogens is 464 g/mol. The molecule has 0 aliphatic heterocycles. The van der Waals surface area contributed by atoms with E-state index in [0.717, 1.165) is 55.2 Å². The first-order valence-electron chi connectivity index (χ1n) is 14.5. The summed E-state index contributed by atoms with van der Waals surface area (Å²) in [5.41, 5.74) is 6.61. The van der Waals surface area contributed by atoms with Crippen molar-refractivity contribution >= 4 is 21.5 Å². The van der Waals surface area contributed by atoms with Crippen LogP contribution in [-0.4, -0.2) is 10.2 Å². The molecule has 0 aromatic heterocycles. The molecule has 0 spiro atoms. The zero-order valence-corrected chi connectivity index (χ0v) is 24.5. The van der Waals surface area contributed by atoms with Crippen molar-refractivity contribution in [3.63, 3.8) is 0 Å². The molecule has 0 saturated heterocycles. The normalized spacial score (nSPS) is 12.6. The third-order valence-electron chi connectivity index (χ3n) is 7.48. The number of fused-ring (bicyclic) bond motifs is 2. The quantitative estimate of drug-likeness (QED) is 0.136. The summed E-state index contributed by atoms with van der Waals surface area (Å²) in [6, 6.07) is 12.2. The van der Waals surface area contributed by atoms with Crippen LogP contribution in [0.5, 0.6) is 11.5 Å². The molecule has 0 amide bonds. The Hall–Kier alpha value is -3.00. The molecule has 204 valence electrons. The minimum Gasteiger partial charge on any atom is -0.507 e. The number of rotatable bonds is 13. The van der Waals surface area contributed by atoms with E-state index in [-0.39, 0.29) is 11.5 Å². The Bertz CT molecular complexity index is 1320. The molecular formula is C36H48O2. The fourth-order valence-corrected chi connectivity index (χ4v) is 5.14. The van der Waals surface area contributed by atoms with Crippen molar-refractivity contribution in [3.05, 3.63) is 82.5 Å². The Labute approximate surface area is 230 Å². The van der Waals surface area contributed by atoms with Crippen LogP contribution in [0, 0.1) is 5.92 Å². The van der Waals surface area contributed by atoms with Crippen LogP contribution in [0.4, 0.5) is 0 Å². The van der Waals surface area contributed by atoms with Crippen molar-refractivity contribution in [2.45, 2.75) is 99.3 Å². The van der Waals surface area contributed by atoms with Gasteiger partial charge < -0.3 is 10.2 Å². The van der Waals surface area contributed by atoms with Gasteiger partial charge in [-0.3, -0.25) is 0 Å². The lowest BCUT2D eigenvalue weighted by molar-refractivity contribution is 0.478. The lowest BCUT2D eigenvalue weighted by Crippen LogP contribution is -1.90. The Kier molecular flexibility index (Phi) is 11.1. The number of hydrogen-bond donors (Lipinski definition) is 2. The molecule has 0 fully saturated rings. The van der Waals surface area contributed by atoms with Crippen LogP contribution >= 0.6 is 0 Å². The standard InChI is InChI=1S/C36H48O2/c1-25(2)11-7-13-27(5)15-9-17-29-19-21-31-33(23-29)36(38)34-24-30(20-22-32(34)35(31)37)18-10-16-28(6)14-8-12-26(3)4/h11,15-16,19-24,26,37-38H,7-10,12-14,17-18H2,1-6H3. The predicted octanol–water partition coefficient (Wildman–Crippen LogP) is 10.7. The molecule has 38 heavy (non-hydrogen) atoms. The van der Waals surface area contributed by atoms with Crippen molar-refractivity contribution in [2.24, 2.45) is 5.92 Å². The van der Waals surface area contributed by atoms with E-state index in [1.54, 1.807) is 0 Å². The maximum absolute atomic E-state index is 11.3. The second-order valence-electron chi connectivity index (χ2n) is 11.7. The number of benzene rings is 3. The molecule has 3 aromatic carbocycles. The molecule has 0 radical (unpaired) electrons. The molecule has 0 heterocycles.